The number of carbonyl (C=O) groups is 18. The lowest BCUT2D eigenvalue weighted by atomic mass is 9.80. The Morgan fingerprint density at radius 2 is 0.732 bits per heavy atom. The van der Waals surface area contributed by atoms with E-state index in [1.54, 1.807) is 23.4 Å². The van der Waals surface area contributed by atoms with Crippen molar-refractivity contribution in [2.75, 3.05) is 50.7 Å². The Labute approximate surface area is 876 Å². The molecule has 149 heavy (non-hydrogen) atoms. The highest BCUT2D eigenvalue weighted by Gasteiger charge is 2.73. The molecule has 5 heterocycles. The van der Waals surface area contributed by atoms with E-state index in [-0.39, 0.29) is 99.1 Å². The largest absolute Gasteiger partial charge is 0.363 e. The number of nitrogens with one attached hydrogen (secondary N) is 11. The summed E-state index contributed by atoms with van der Waals surface area (Å²) in [5.41, 5.74) is 13.6. The highest BCUT2D eigenvalue weighted by Crippen LogP contribution is 2.67. The van der Waals surface area contributed by atoms with Crippen molar-refractivity contribution in [1.82, 2.24) is 88.1 Å². The first-order valence-electron chi connectivity index (χ1n) is 53.5. The molecule has 17 N–H and O–H groups in total. The first-order chi connectivity index (χ1) is 69.5. The standard InChI is InChI=1S/C38H58N6O6.C37H54N6O6.C35H53N9O6/c1-35(2,3)28(32(48)43-38(9,10)22-17-12-11-13-18-22)41-34(50)42-29(36(4,5)6)33(49)44-20-23-25(37(23,7)8)26(44)31(47)40-24(27(45)30(39)46)19-21-15-14-16-21;1-36(2,3)30(42-35(49)41-27(23-16-9-10-17-23)32(46)39-19-22-12-7-6-8-13-22)34(48)43-20-24-26(37(24,4)5)28(43)33(47)40-25(29(44)31(38)45)18-21-14-11-15-21;1-19(2)24(30(48)42-13-15-43(16-14-42)32-37-11-8-12-38-32)40-33(50)41-27(34(3,4)5)31(49)44-18-21-23(35(21,6)7)25(44)29(47)39-22(17-20-9-10-20)26(45)28(36)46/h11-13,17-18,21,23-26,28-29H,14-16,19-20H2,1-10H3,(H2,39,46)(H,40,47)(H,43,48)(H2,41,42,50);6-8,12-13,21,23-28,30H,9-11,14-20H2,1-5H3,(H2,38,45)(H,39,46)(H,40,47)(H2,41,42,49);8,11-12,19-25,27H,9-10,13-18H2,1-7H3,(H2,36,46)(H,39,47)(H2,40,41,50)/t23-,24?,25-,26-,28+,29+;24-,25?,26-,27-,28-,30+;21-,22?,23-,24-,25-,27+/m000/s1. The molecule has 0 bridgehead atoms. The number of piperazine rings is 1. The zero-order valence-electron chi connectivity index (χ0n) is 91.3. The molecular formula is C110H165N21O18. The number of carbonyl (C=O) groups excluding carboxylic acids is 18. The molecule has 1 aromatic heterocycles. The third kappa shape index (κ3) is 27.4. The number of Topliss-reactive ketones (excluding diaryl/α,β-unsaturated/α-hetero) is 3. The summed E-state index contributed by atoms with van der Waals surface area (Å²) in [6.45, 7) is 45.1. The monoisotopic (exact) mass is 2070 g/mol. The van der Waals surface area contributed by atoms with Gasteiger partial charge in [0, 0.05) is 64.8 Å². The van der Waals surface area contributed by atoms with Crippen molar-refractivity contribution in [3.05, 3.63) is 90.3 Å². The molecule has 4 saturated heterocycles. The maximum Gasteiger partial charge on any atom is 0.316 e. The molecule has 3 aromatic rings. The smallest absolute Gasteiger partial charge is 0.316 e. The summed E-state index contributed by atoms with van der Waals surface area (Å²) in [6.07, 6.45) is 15.5. The Morgan fingerprint density at radius 3 is 1.07 bits per heavy atom. The first-order valence-corrected chi connectivity index (χ1v) is 53.5. The van der Waals surface area contributed by atoms with Crippen molar-refractivity contribution >= 4 is 112 Å². The van der Waals surface area contributed by atoms with Crippen molar-refractivity contribution in [3.63, 3.8) is 0 Å². The number of amides is 18. The first kappa shape index (κ1) is 115. The number of nitrogens with two attached hydrogens (primary N) is 3. The van der Waals surface area contributed by atoms with E-state index >= 15 is 0 Å². The van der Waals surface area contributed by atoms with Gasteiger partial charge in [-0.1, -0.05) is 263 Å². The maximum absolute atomic E-state index is 14.4. The minimum atomic E-state index is -1.11. The van der Waals surface area contributed by atoms with Crippen LogP contribution in [0.1, 0.15) is 260 Å². The van der Waals surface area contributed by atoms with Crippen LogP contribution in [0.2, 0.25) is 0 Å². The van der Waals surface area contributed by atoms with Gasteiger partial charge in [-0.2, -0.15) is 0 Å². The van der Waals surface area contributed by atoms with Crippen LogP contribution in [0.25, 0.3) is 0 Å². The molecule has 18 atom stereocenters. The van der Waals surface area contributed by atoms with Crippen LogP contribution in [0.15, 0.2) is 79.1 Å². The highest BCUT2D eigenvalue weighted by atomic mass is 16.2. The summed E-state index contributed by atoms with van der Waals surface area (Å²) in [7, 11) is 0. The number of primary amides is 3. The van der Waals surface area contributed by atoms with Crippen molar-refractivity contribution < 1.29 is 86.3 Å². The number of aromatic nitrogens is 2. The van der Waals surface area contributed by atoms with E-state index in [1.807, 2.05) is 190 Å². The Morgan fingerprint density at radius 1 is 0.389 bits per heavy atom. The maximum atomic E-state index is 14.4. The number of hydrogen-bond acceptors (Lipinski definition) is 21. The molecule has 11 aliphatic rings. The molecule has 4 aliphatic heterocycles. The van der Waals surface area contributed by atoms with Crippen molar-refractivity contribution in [2.45, 2.75) is 333 Å². The number of rotatable bonds is 37. The molecule has 7 saturated carbocycles. The van der Waals surface area contributed by atoms with Gasteiger partial charge in [-0.05, 0) is 166 Å². The normalized spacial score (nSPS) is 24.2. The van der Waals surface area contributed by atoms with Crippen molar-refractivity contribution in [3.8, 4) is 0 Å². The molecule has 3 unspecified atom stereocenters. The van der Waals surface area contributed by atoms with Gasteiger partial charge in [0.15, 0.2) is 0 Å². The topological polar surface area (TPSA) is 560 Å². The third-order valence-electron chi connectivity index (χ3n) is 33.7. The van der Waals surface area contributed by atoms with E-state index in [9.17, 15) is 86.3 Å². The van der Waals surface area contributed by atoms with Crippen molar-refractivity contribution in [2.24, 2.45) is 120 Å². The predicted molar refractivity (Wildman–Crippen MR) is 558 cm³/mol. The van der Waals surface area contributed by atoms with Gasteiger partial charge in [0.05, 0.1) is 23.7 Å². The molecule has 2 aromatic carbocycles. The summed E-state index contributed by atoms with van der Waals surface area (Å²) >= 11 is 0. The minimum absolute atomic E-state index is 0.0256. The van der Waals surface area contributed by atoms with Crippen LogP contribution in [0, 0.1) is 103 Å². The summed E-state index contributed by atoms with van der Waals surface area (Å²) in [6, 6.07) is 7.40. The minimum Gasteiger partial charge on any atom is -0.363 e. The SMILES string of the molecule is CC(C)(C)[C@H](NC(=O)N[C@H](C(=O)NCc1ccccc1)C1CCCC1)C(=O)N1C[C@H]2[C@@H]([C@H]1C(=O)NC(CC1CCC1)C(=O)C(N)=O)C2(C)C.CC(C)(NC(=O)[C@@H](NC(=O)N[C@H](C(=O)N1C[C@H]2[C@@H]([C@H]1C(=O)NC(CC1CCC1)C(=O)C(N)=O)C2(C)C)C(C)(C)C)C(C)(C)C)c1ccccc1.CC(C)[C@H](NC(=O)N[C@H](C(=O)N1C[C@H]2[C@@H]([C@H]1C(=O)NC(CC1CC1)C(=O)C(N)=O)C2(C)C)C(C)(C)C)C(=O)N1CCN(c2ncccn2)CC1. The van der Waals surface area contributed by atoms with E-state index in [4.69, 9.17) is 17.2 Å². The Balaban J connectivity index is 0.000000198. The van der Waals surface area contributed by atoms with Gasteiger partial charge < -0.3 is 100 Å². The van der Waals surface area contributed by atoms with Gasteiger partial charge in [0.1, 0.15) is 54.4 Å². The number of benzene rings is 2. The molecule has 11 fully saturated rings. The summed E-state index contributed by atoms with van der Waals surface area (Å²) in [5.74, 6) is -8.71. The van der Waals surface area contributed by atoms with Gasteiger partial charge in [0.25, 0.3) is 17.7 Å². The average Bonchev–Trinajstić information content (AvgIpc) is 1.53. The summed E-state index contributed by atoms with van der Waals surface area (Å²) in [5, 5.41) is 31.5. The van der Waals surface area contributed by atoms with E-state index in [0.29, 0.717) is 77.6 Å². The quantitative estimate of drug-likeness (QED) is 0.0262. The fourth-order valence-electron chi connectivity index (χ4n) is 23.5. The lowest BCUT2D eigenvalue weighted by molar-refractivity contribution is -0.145. The molecular weight excluding hydrogens is 1900 g/mol. The van der Waals surface area contributed by atoms with Crippen LogP contribution in [0.3, 0.4) is 0 Å². The third-order valence-corrected chi connectivity index (χ3v) is 33.7. The Hall–Kier alpha value is -12.2. The zero-order chi connectivity index (χ0) is 110. The predicted octanol–water partition coefficient (Wildman–Crippen LogP) is 6.85. The van der Waals surface area contributed by atoms with Gasteiger partial charge in [-0.25, -0.2) is 24.4 Å². The second kappa shape index (κ2) is 45.9. The van der Waals surface area contributed by atoms with Crippen LogP contribution < -0.4 is 80.6 Å². The van der Waals surface area contributed by atoms with Gasteiger partial charge in [-0.3, -0.25) is 71.9 Å². The second-order valence-electron chi connectivity index (χ2n) is 50.6. The number of urea groups is 3. The van der Waals surface area contributed by atoms with Gasteiger partial charge in [-0.15, -0.1) is 0 Å². The summed E-state index contributed by atoms with van der Waals surface area (Å²) in [4.78, 5) is 257. The number of nitrogens with zero attached hydrogens (tertiary/aromatic N) is 7. The fraction of sp³-hybridized carbons (Fsp3) is 0.691. The number of fused-ring (bicyclic) bond motifs is 3. The van der Waals surface area contributed by atoms with E-state index < -0.39 is 188 Å². The zero-order valence-corrected chi connectivity index (χ0v) is 91.3. The summed E-state index contributed by atoms with van der Waals surface area (Å²) < 4.78 is 0. The van der Waals surface area contributed by atoms with Crippen LogP contribution in [0.4, 0.5) is 20.3 Å². The van der Waals surface area contributed by atoms with Gasteiger partial charge >= 0.3 is 18.1 Å². The van der Waals surface area contributed by atoms with E-state index in [2.05, 4.69) is 96.1 Å². The number of ketones is 3. The molecule has 14 rings (SSSR count). The Kier molecular flexibility index (Phi) is 35.6. The van der Waals surface area contributed by atoms with E-state index in [0.717, 1.165) is 88.2 Å². The lowest BCUT2D eigenvalue weighted by Gasteiger charge is -2.39. The van der Waals surface area contributed by atoms with Gasteiger partial charge in [0.2, 0.25) is 76.5 Å². The van der Waals surface area contributed by atoms with Crippen LogP contribution in [0.5, 0.6) is 0 Å². The molecule has 7 aliphatic carbocycles. The molecule has 0 radical (unpaired) electrons. The lowest BCUT2D eigenvalue weighted by Crippen LogP contribution is -2.63. The average molecular weight is 2070 g/mol. The molecule has 0 spiro atoms. The molecule has 39 nitrogen and oxygen atoms in total. The molecule has 39 heteroatoms. The number of likely N-dealkylation sites (tertiary alicyclic amines) is 3. The second-order valence-corrected chi connectivity index (χ2v) is 50.6. The Bertz CT molecular complexity index is 5450. The molecule has 818 valence electrons. The van der Waals surface area contributed by atoms with Crippen LogP contribution in [-0.2, 0) is 84.0 Å². The van der Waals surface area contributed by atoms with Crippen LogP contribution >= 0.6 is 0 Å². The number of anilines is 1. The highest BCUT2D eigenvalue weighted by molar-refractivity contribution is 6.39. The van der Waals surface area contributed by atoms with Crippen LogP contribution in [-0.4, -0.2) is 254 Å². The fourth-order valence-corrected chi connectivity index (χ4v) is 23.5. The van der Waals surface area contributed by atoms with Crippen molar-refractivity contribution in [1.29, 1.82) is 0 Å². The molecule has 18 amide bonds. The number of piperidine rings is 3. The number of hydrogen-bond donors (Lipinski definition) is 14. The van der Waals surface area contributed by atoms with E-state index in [1.165, 1.54) is 14.7 Å².